The molecule has 38 heavy (non-hydrogen) atoms. The molecule has 192 valence electrons. The lowest BCUT2D eigenvalue weighted by atomic mass is 9.89. The number of aromatic nitrogens is 1. The van der Waals surface area contributed by atoms with Crippen LogP contribution in [0, 0.1) is 0 Å². The molecule has 5 heteroatoms. The van der Waals surface area contributed by atoms with Crippen molar-refractivity contribution in [2.24, 2.45) is 7.05 Å². The van der Waals surface area contributed by atoms with Gasteiger partial charge >= 0.3 is 0 Å². The van der Waals surface area contributed by atoms with Gasteiger partial charge in [0.05, 0.1) is 6.04 Å². The predicted molar refractivity (Wildman–Crippen MR) is 157 cm³/mol. The maximum atomic E-state index is 13.7. The Morgan fingerprint density at radius 3 is 2.05 bits per heavy atom. The van der Waals surface area contributed by atoms with E-state index in [0.29, 0.717) is 6.42 Å². The predicted octanol–water partition coefficient (Wildman–Crippen LogP) is 6.70. The molecule has 1 aliphatic heterocycles. The van der Waals surface area contributed by atoms with E-state index >= 15 is 0 Å². The minimum atomic E-state index is 0.0549. The van der Waals surface area contributed by atoms with Gasteiger partial charge in [-0.25, -0.2) is 0 Å². The average molecular weight is 520 g/mol. The van der Waals surface area contributed by atoms with Crippen LogP contribution in [0.3, 0.4) is 0 Å². The second-order valence-corrected chi connectivity index (χ2v) is 10.9. The average Bonchev–Trinajstić information content (AvgIpc) is 3.62. The first kappa shape index (κ1) is 24.7. The summed E-state index contributed by atoms with van der Waals surface area (Å²) < 4.78 is 2.18. The van der Waals surface area contributed by atoms with Gasteiger partial charge in [0.1, 0.15) is 0 Å². The topological polar surface area (TPSA) is 28.5 Å². The Kier molecular flexibility index (Phi) is 7.12. The number of benzene rings is 3. The van der Waals surface area contributed by atoms with Crippen molar-refractivity contribution in [3.8, 4) is 0 Å². The number of amides is 1. The molecule has 1 saturated heterocycles. The van der Waals surface area contributed by atoms with Crippen molar-refractivity contribution < 1.29 is 4.79 Å². The van der Waals surface area contributed by atoms with Crippen molar-refractivity contribution in [2.75, 3.05) is 26.2 Å². The summed E-state index contributed by atoms with van der Waals surface area (Å²) in [6, 6.07) is 32.3. The molecule has 1 amide bonds. The van der Waals surface area contributed by atoms with Crippen molar-refractivity contribution in [1.29, 1.82) is 0 Å². The lowest BCUT2D eigenvalue weighted by Gasteiger charge is -2.40. The molecular formula is C33H33N3OS. The van der Waals surface area contributed by atoms with E-state index in [1.54, 1.807) is 11.3 Å². The summed E-state index contributed by atoms with van der Waals surface area (Å²) >= 11 is 1.70. The van der Waals surface area contributed by atoms with E-state index in [2.05, 4.69) is 129 Å². The molecule has 1 fully saturated rings. The number of hydrogen-bond donors (Lipinski definition) is 0. The zero-order valence-electron chi connectivity index (χ0n) is 21.7. The molecule has 0 aliphatic carbocycles. The zero-order valence-corrected chi connectivity index (χ0v) is 22.6. The molecule has 1 atom stereocenters. The number of thiophene rings is 1. The highest BCUT2D eigenvalue weighted by molar-refractivity contribution is 7.08. The van der Waals surface area contributed by atoms with Crippen LogP contribution in [0.25, 0.3) is 10.9 Å². The molecule has 0 bridgehead atoms. The third kappa shape index (κ3) is 4.92. The van der Waals surface area contributed by atoms with Crippen molar-refractivity contribution in [2.45, 2.75) is 18.4 Å². The molecule has 0 saturated carbocycles. The number of rotatable bonds is 7. The van der Waals surface area contributed by atoms with Gasteiger partial charge in [-0.1, -0.05) is 78.9 Å². The lowest BCUT2D eigenvalue weighted by molar-refractivity contribution is -0.133. The van der Waals surface area contributed by atoms with E-state index in [1.807, 2.05) is 0 Å². The summed E-state index contributed by atoms with van der Waals surface area (Å²) in [4.78, 5) is 18.3. The quantitative estimate of drug-likeness (QED) is 0.240. The number of nitrogens with zero attached hydrogens (tertiary/aromatic N) is 3. The molecule has 3 aromatic carbocycles. The minimum absolute atomic E-state index is 0.0549. The van der Waals surface area contributed by atoms with Crippen molar-refractivity contribution in [3.63, 3.8) is 0 Å². The van der Waals surface area contributed by atoms with Gasteiger partial charge in [0.25, 0.3) is 0 Å². The fraction of sp³-hybridized carbons (Fsp3) is 0.242. The molecule has 0 radical (unpaired) electrons. The number of fused-ring (bicyclic) bond motifs is 1. The first-order valence-electron chi connectivity index (χ1n) is 13.4. The molecule has 6 rings (SSSR count). The Balaban J connectivity index is 1.20. The molecular weight excluding hydrogens is 486 g/mol. The summed E-state index contributed by atoms with van der Waals surface area (Å²) in [7, 11) is 2.09. The second kappa shape index (κ2) is 11.0. The minimum Gasteiger partial charge on any atom is -0.350 e. The van der Waals surface area contributed by atoms with Crippen LogP contribution in [-0.4, -0.2) is 46.5 Å². The third-order valence-corrected chi connectivity index (χ3v) is 8.59. The highest BCUT2D eigenvalue weighted by Gasteiger charge is 2.30. The van der Waals surface area contributed by atoms with Gasteiger partial charge in [-0.3, -0.25) is 9.69 Å². The Morgan fingerprint density at radius 2 is 1.42 bits per heavy atom. The third-order valence-electron chi connectivity index (χ3n) is 7.89. The van der Waals surface area contributed by atoms with Crippen molar-refractivity contribution in [3.05, 3.63) is 130 Å². The maximum Gasteiger partial charge on any atom is 0.223 e. The number of carbonyl (C=O) groups excluding carboxylic acids is 1. The highest BCUT2D eigenvalue weighted by Crippen LogP contribution is 2.36. The first-order valence-corrected chi connectivity index (χ1v) is 14.3. The van der Waals surface area contributed by atoms with Gasteiger partial charge in [0.15, 0.2) is 0 Å². The standard InChI is InChI=1S/C33H33N3OS/c1-34-23-30(28-14-8-9-15-31(28)34)29(27-16-21-38-24-27)22-32(37)35-17-19-36(20-18-35)33(25-10-4-2-5-11-25)26-12-6-3-7-13-26/h2-16,21,23-24,29,33H,17-20,22H2,1H3. The summed E-state index contributed by atoms with van der Waals surface area (Å²) in [5.41, 5.74) is 6.27. The van der Waals surface area contributed by atoms with Crippen LogP contribution in [0.5, 0.6) is 0 Å². The summed E-state index contributed by atoms with van der Waals surface area (Å²) in [5.74, 6) is 0.295. The molecule has 1 unspecified atom stereocenters. The summed E-state index contributed by atoms with van der Waals surface area (Å²) in [6.45, 7) is 3.22. The van der Waals surface area contributed by atoms with E-state index in [1.165, 1.54) is 33.2 Å². The zero-order chi connectivity index (χ0) is 25.9. The van der Waals surface area contributed by atoms with Crippen LogP contribution in [0.15, 0.2) is 108 Å². The number of para-hydroxylation sites is 1. The molecule has 5 aromatic rings. The van der Waals surface area contributed by atoms with Gasteiger partial charge in [0.2, 0.25) is 5.91 Å². The first-order chi connectivity index (χ1) is 18.7. The van der Waals surface area contributed by atoms with E-state index in [4.69, 9.17) is 0 Å². The van der Waals surface area contributed by atoms with E-state index in [9.17, 15) is 4.79 Å². The number of carbonyl (C=O) groups is 1. The summed E-state index contributed by atoms with van der Waals surface area (Å²) in [6.07, 6.45) is 2.70. The van der Waals surface area contributed by atoms with E-state index < -0.39 is 0 Å². The normalized spacial score (nSPS) is 15.3. The molecule has 2 aromatic heterocycles. The number of aryl methyl sites for hydroxylation is 1. The van der Waals surface area contributed by atoms with Crippen LogP contribution in [-0.2, 0) is 11.8 Å². The van der Waals surface area contributed by atoms with Crippen LogP contribution >= 0.6 is 11.3 Å². The summed E-state index contributed by atoms with van der Waals surface area (Å²) in [5, 5.41) is 5.55. The Bertz CT molecular complexity index is 1450. The number of hydrogen-bond acceptors (Lipinski definition) is 3. The van der Waals surface area contributed by atoms with Crippen LogP contribution in [0.1, 0.15) is 40.6 Å². The molecule has 0 spiro atoms. The highest BCUT2D eigenvalue weighted by atomic mass is 32.1. The Morgan fingerprint density at radius 1 is 0.789 bits per heavy atom. The second-order valence-electron chi connectivity index (χ2n) is 10.2. The van der Waals surface area contributed by atoms with Crippen LogP contribution in [0.2, 0.25) is 0 Å². The largest absolute Gasteiger partial charge is 0.350 e. The fourth-order valence-electron chi connectivity index (χ4n) is 5.95. The van der Waals surface area contributed by atoms with Crippen molar-refractivity contribution in [1.82, 2.24) is 14.4 Å². The SMILES string of the molecule is Cn1cc(C(CC(=O)N2CCN(C(c3ccccc3)c3ccccc3)CC2)c2ccsc2)c2ccccc21. The lowest BCUT2D eigenvalue weighted by Crippen LogP contribution is -2.50. The number of piperazine rings is 1. The Hall–Kier alpha value is -3.67. The molecule has 4 nitrogen and oxygen atoms in total. The molecule has 1 aliphatic rings. The van der Waals surface area contributed by atoms with Gasteiger partial charge in [0, 0.05) is 62.7 Å². The maximum absolute atomic E-state index is 13.7. The van der Waals surface area contributed by atoms with E-state index in [0.717, 1.165) is 26.2 Å². The van der Waals surface area contributed by atoms with Crippen LogP contribution < -0.4 is 0 Å². The van der Waals surface area contributed by atoms with Gasteiger partial charge in [-0.15, -0.1) is 0 Å². The fourth-order valence-corrected chi connectivity index (χ4v) is 6.66. The molecule has 0 N–H and O–H groups in total. The smallest absolute Gasteiger partial charge is 0.223 e. The van der Waals surface area contributed by atoms with Gasteiger partial charge in [-0.05, 0) is 45.1 Å². The monoisotopic (exact) mass is 519 g/mol. The Labute approximate surface area is 228 Å². The van der Waals surface area contributed by atoms with Gasteiger partial charge < -0.3 is 9.47 Å². The van der Waals surface area contributed by atoms with Crippen LogP contribution in [0.4, 0.5) is 0 Å². The van der Waals surface area contributed by atoms with Gasteiger partial charge in [-0.2, -0.15) is 11.3 Å². The van der Waals surface area contributed by atoms with Crippen molar-refractivity contribution >= 4 is 28.1 Å². The molecule has 3 heterocycles. The van der Waals surface area contributed by atoms with E-state index in [-0.39, 0.29) is 17.9 Å².